The van der Waals surface area contributed by atoms with Gasteiger partial charge in [-0.15, -0.1) is 0 Å². The zero-order chi connectivity index (χ0) is 12.1. The molecule has 0 saturated carbocycles. The largest absolute Gasteiger partial charge is 0.497 e. The smallest absolute Gasteiger partial charge is 0.132 e. The summed E-state index contributed by atoms with van der Waals surface area (Å²) in [6, 6.07) is 11.2. The first-order chi connectivity index (χ1) is 8.28. The number of pyridine rings is 1. The van der Waals surface area contributed by atoms with Crippen molar-refractivity contribution in [3.63, 3.8) is 0 Å². The number of methoxy groups -OCH3 is 1. The van der Waals surface area contributed by atoms with Crippen molar-refractivity contribution >= 4 is 11.6 Å². The number of hydrogen-bond donors (Lipinski definition) is 0. The Labute approximate surface area is 105 Å². The van der Waals surface area contributed by atoms with Crippen molar-refractivity contribution in [2.45, 2.75) is 6.61 Å². The quantitative estimate of drug-likeness (QED) is 0.779. The predicted octanol–water partition coefficient (Wildman–Crippen LogP) is 3.32. The number of ether oxygens (including phenoxy) is 2. The standard InChI is InChI=1S/C13H12ClNO2/c1-16-11-4-2-10(3-5-11)9-17-12-6-7-15-13(14)8-12/h2-8H,9H2,1H3. The Hall–Kier alpha value is -1.74. The lowest BCUT2D eigenvalue weighted by Gasteiger charge is -2.06. The summed E-state index contributed by atoms with van der Waals surface area (Å²) in [7, 11) is 1.64. The van der Waals surface area contributed by atoms with E-state index in [0.29, 0.717) is 17.5 Å². The van der Waals surface area contributed by atoms with Crippen LogP contribution in [0.3, 0.4) is 0 Å². The van der Waals surface area contributed by atoms with Crippen molar-refractivity contribution in [1.82, 2.24) is 4.98 Å². The van der Waals surface area contributed by atoms with Crippen LogP contribution in [0.1, 0.15) is 5.56 Å². The van der Waals surface area contributed by atoms with E-state index in [4.69, 9.17) is 21.1 Å². The van der Waals surface area contributed by atoms with Crippen LogP contribution >= 0.6 is 11.6 Å². The number of hydrogen-bond acceptors (Lipinski definition) is 3. The van der Waals surface area contributed by atoms with E-state index in [1.165, 1.54) is 0 Å². The number of aromatic nitrogens is 1. The van der Waals surface area contributed by atoms with Crippen LogP contribution in [0.15, 0.2) is 42.6 Å². The van der Waals surface area contributed by atoms with E-state index in [0.717, 1.165) is 11.3 Å². The van der Waals surface area contributed by atoms with E-state index in [-0.39, 0.29) is 0 Å². The highest BCUT2D eigenvalue weighted by Gasteiger charge is 1.98. The zero-order valence-electron chi connectivity index (χ0n) is 9.39. The molecule has 4 heteroatoms. The summed E-state index contributed by atoms with van der Waals surface area (Å²) >= 11 is 5.76. The minimum Gasteiger partial charge on any atom is -0.497 e. The van der Waals surface area contributed by atoms with Gasteiger partial charge in [-0.25, -0.2) is 4.98 Å². The molecule has 0 N–H and O–H groups in total. The molecule has 0 saturated heterocycles. The van der Waals surface area contributed by atoms with Crippen LogP contribution in [0.5, 0.6) is 11.5 Å². The Morgan fingerprint density at radius 3 is 2.53 bits per heavy atom. The number of benzene rings is 1. The maximum atomic E-state index is 5.76. The lowest BCUT2D eigenvalue weighted by atomic mass is 10.2. The Bertz CT molecular complexity index is 485. The molecular weight excluding hydrogens is 238 g/mol. The molecule has 0 fully saturated rings. The van der Waals surface area contributed by atoms with Gasteiger partial charge in [-0.3, -0.25) is 0 Å². The van der Waals surface area contributed by atoms with E-state index in [9.17, 15) is 0 Å². The predicted molar refractivity (Wildman–Crippen MR) is 66.6 cm³/mol. The molecule has 1 aromatic carbocycles. The Balaban J connectivity index is 1.97. The topological polar surface area (TPSA) is 31.4 Å². The monoisotopic (exact) mass is 249 g/mol. The molecule has 0 radical (unpaired) electrons. The number of nitrogens with zero attached hydrogens (tertiary/aromatic N) is 1. The molecule has 0 atom stereocenters. The molecule has 88 valence electrons. The van der Waals surface area contributed by atoms with Crippen LogP contribution in [-0.4, -0.2) is 12.1 Å². The molecule has 2 aromatic rings. The van der Waals surface area contributed by atoms with Gasteiger partial charge in [0.15, 0.2) is 0 Å². The Kier molecular flexibility index (Phi) is 3.83. The van der Waals surface area contributed by atoms with Gasteiger partial charge in [0.2, 0.25) is 0 Å². The van der Waals surface area contributed by atoms with Crippen LogP contribution in [0.25, 0.3) is 0 Å². The molecule has 17 heavy (non-hydrogen) atoms. The summed E-state index contributed by atoms with van der Waals surface area (Å²) in [5.41, 5.74) is 1.07. The van der Waals surface area contributed by atoms with Crippen LogP contribution in [0, 0.1) is 0 Å². The van der Waals surface area contributed by atoms with Crippen LogP contribution in [0.2, 0.25) is 5.15 Å². The first-order valence-electron chi connectivity index (χ1n) is 5.15. The van der Waals surface area contributed by atoms with Crippen LogP contribution in [-0.2, 0) is 6.61 Å². The summed E-state index contributed by atoms with van der Waals surface area (Å²) < 4.78 is 10.7. The highest BCUT2D eigenvalue weighted by molar-refractivity contribution is 6.29. The van der Waals surface area contributed by atoms with E-state index >= 15 is 0 Å². The summed E-state index contributed by atoms with van der Waals surface area (Å²) in [5, 5.41) is 0.428. The summed E-state index contributed by atoms with van der Waals surface area (Å²) in [4.78, 5) is 3.89. The minimum absolute atomic E-state index is 0.428. The van der Waals surface area contributed by atoms with Crippen molar-refractivity contribution in [3.8, 4) is 11.5 Å². The van der Waals surface area contributed by atoms with Gasteiger partial charge in [0.25, 0.3) is 0 Å². The molecule has 0 bridgehead atoms. The summed E-state index contributed by atoms with van der Waals surface area (Å²) in [5.74, 6) is 1.54. The Morgan fingerprint density at radius 2 is 1.88 bits per heavy atom. The van der Waals surface area contributed by atoms with Gasteiger partial charge in [-0.05, 0) is 23.8 Å². The highest BCUT2D eigenvalue weighted by Crippen LogP contribution is 2.17. The second-order valence-corrected chi connectivity index (χ2v) is 3.84. The van der Waals surface area contributed by atoms with E-state index < -0.39 is 0 Å². The molecule has 0 spiro atoms. The average Bonchev–Trinajstić information content (AvgIpc) is 2.37. The molecule has 1 heterocycles. The van der Waals surface area contributed by atoms with Gasteiger partial charge in [0, 0.05) is 12.3 Å². The molecule has 0 unspecified atom stereocenters. The van der Waals surface area contributed by atoms with Crippen molar-refractivity contribution in [1.29, 1.82) is 0 Å². The lowest BCUT2D eigenvalue weighted by Crippen LogP contribution is -1.95. The normalized spacial score (nSPS) is 10.0. The number of rotatable bonds is 4. The lowest BCUT2D eigenvalue weighted by molar-refractivity contribution is 0.305. The first kappa shape index (κ1) is 11.7. The third-order valence-corrected chi connectivity index (χ3v) is 2.47. The van der Waals surface area contributed by atoms with E-state index in [1.807, 2.05) is 24.3 Å². The minimum atomic E-state index is 0.428. The third kappa shape index (κ3) is 3.36. The molecule has 2 rings (SSSR count). The molecular formula is C13H12ClNO2. The van der Waals surface area contributed by atoms with Gasteiger partial charge in [-0.1, -0.05) is 23.7 Å². The average molecular weight is 250 g/mol. The van der Waals surface area contributed by atoms with Gasteiger partial charge < -0.3 is 9.47 Å². The van der Waals surface area contributed by atoms with Crippen molar-refractivity contribution in [3.05, 3.63) is 53.3 Å². The highest BCUT2D eigenvalue weighted by atomic mass is 35.5. The van der Waals surface area contributed by atoms with Gasteiger partial charge >= 0.3 is 0 Å². The molecule has 3 nitrogen and oxygen atoms in total. The zero-order valence-corrected chi connectivity index (χ0v) is 10.1. The van der Waals surface area contributed by atoms with Crippen molar-refractivity contribution in [2.75, 3.05) is 7.11 Å². The molecule has 0 aliphatic heterocycles. The molecule has 0 aliphatic carbocycles. The van der Waals surface area contributed by atoms with E-state index in [1.54, 1.807) is 25.4 Å². The molecule has 1 aromatic heterocycles. The fourth-order valence-corrected chi connectivity index (χ4v) is 1.53. The summed E-state index contributed by atoms with van der Waals surface area (Å²) in [6.45, 7) is 0.490. The third-order valence-electron chi connectivity index (χ3n) is 2.26. The Morgan fingerprint density at radius 1 is 1.12 bits per heavy atom. The van der Waals surface area contributed by atoms with E-state index in [2.05, 4.69) is 4.98 Å². The molecule has 0 aliphatic rings. The van der Waals surface area contributed by atoms with Crippen molar-refractivity contribution < 1.29 is 9.47 Å². The second-order valence-electron chi connectivity index (χ2n) is 3.45. The first-order valence-corrected chi connectivity index (χ1v) is 5.53. The second kappa shape index (κ2) is 5.55. The number of halogens is 1. The van der Waals surface area contributed by atoms with Gasteiger partial charge in [0.05, 0.1) is 7.11 Å². The van der Waals surface area contributed by atoms with Gasteiger partial charge in [0.1, 0.15) is 23.3 Å². The fourth-order valence-electron chi connectivity index (χ4n) is 1.36. The van der Waals surface area contributed by atoms with Crippen LogP contribution < -0.4 is 9.47 Å². The van der Waals surface area contributed by atoms with Crippen molar-refractivity contribution in [2.24, 2.45) is 0 Å². The maximum Gasteiger partial charge on any atom is 0.132 e. The van der Waals surface area contributed by atoms with Gasteiger partial charge in [-0.2, -0.15) is 0 Å². The fraction of sp³-hybridized carbons (Fsp3) is 0.154. The summed E-state index contributed by atoms with van der Waals surface area (Å²) in [6.07, 6.45) is 1.62. The molecule has 0 amide bonds. The maximum absolute atomic E-state index is 5.76. The SMILES string of the molecule is COc1ccc(COc2ccnc(Cl)c2)cc1. The van der Waals surface area contributed by atoms with Crippen LogP contribution in [0.4, 0.5) is 0 Å².